The fourth-order valence-corrected chi connectivity index (χ4v) is 0.869. The lowest BCUT2D eigenvalue weighted by Crippen LogP contribution is -2.07. The van der Waals surface area contributed by atoms with E-state index in [2.05, 4.69) is 20.8 Å². The van der Waals surface area contributed by atoms with E-state index in [4.69, 9.17) is 4.74 Å². The summed E-state index contributed by atoms with van der Waals surface area (Å²) in [5.41, 5.74) is 0.459. The third-order valence-electron chi connectivity index (χ3n) is 1.24. The topological polar surface area (TPSA) is 44.0 Å². The molecule has 0 aromatic heterocycles. The fraction of sp³-hybridized carbons (Fsp3) is 1.00. The van der Waals surface area contributed by atoms with E-state index >= 15 is 0 Å². The lowest BCUT2D eigenvalue weighted by Gasteiger charge is -2.15. The monoisotopic (exact) mass is 132 g/mol. The van der Waals surface area contributed by atoms with Crippen LogP contribution in [0.25, 0.3) is 0 Å². The molecule has 0 spiro atoms. The molecule has 0 aromatic carbocycles. The van der Waals surface area contributed by atoms with Gasteiger partial charge in [-0.15, -0.1) is 0 Å². The van der Waals surface area contributed by atoms with Crippen molar-refractivity contribution >= 4 is 0 Å². The maximum absolute atomic E-state index is 5.08. The predicted octanol–water partition coefficient (Wildman–Crippen LogP) is 0.997. The van der Waals surface area contributed by atoms with Crippen LogP contribution in [0.1, 0.15) is 27.2 Å². The minimum atomic E-state index is 0. The Morgan fingerprint density at radius 3 is 2.00 bits per heavy atom. The van der Waals surface area contributed by atoms with Crippen LogP contribution in [0.2, 0.25) is 0 Å². The smallest absolute Gasteiger partial charge is 0.0814 e. The van der Waals surface area contributed by atoms with Crippen LogP contribution in [0, 0.1) is 5.41 Å². The molecule has 56 valence electrons. The molecule has 2 N–H and O–H groups in total. The molecule has 1 aliphatic heterocycles. The van der Waals surface area contributed by atoms with E-state index in [0.717, 1.165) is 6.61 Å². The average molecular weight is 132 g/mol. The van der Waals surface area contributed by atoms with E-state index in [-0.39, 0.29) is 5.48 Å². The number of hydrogen-bond donors (Lipinski definition) is 0. The quantitative estimate of drug-likeness (QED) is 0.491. The van der Waals surface area contributed by atoms with Crippen molar-refractivity contribution < 1.29 is 10.2 Å². The van der Waals surface area contributed by atoms with Gasteiger partial charge in [0, 0.05) is 0 Å². The first-order valence-corrected chi connectivity index (χ1v) is 3.19. The molecule has 0 saturated carbocycles. The first-order chi connectivity index (χ1) is 3.58. The van der Waals surface area contributed by atoms with Crippen molar-refractivity contribution in [2.75, 3.05) is 6.61 Å². The summed E-state index contributed by atoms with van der Waals surface area (Å²) in [6, 6.07) is 0. The van der Waals surface area contributed by atoms with Gasteiger partial charge >= 0.3 is 0 Å². The molecule has 1 rings (SSSR count). The molecule has 0 aromatic rings. The maximum Gasteiger partial charge on any atom is 0.0814 e. The second-order valence-electron chi connectivity index (χ2n) is 3.72. The second-order valence-corrected chi connectivity index (χ2v) is 3.72. The minimum Gasteiger partial charge on any atom is -0.412 e. The number of ether oxygens (including phenoxy) is 1. The fourth-order valence-electron chi connectivity index (χ4n) is 0.869. The summed E-state index contributed by atoms with van der Waals surface area (Å²) in [4.78, 5) is 0. The molecule has 1 fully saturated rings. The van der Waals surface area contributed by atoms with E-state index in [0.29, 0.717) is 11.5 Å². The van der Waals surface area contributed by atoms with Gasteiger partial charge in [-0.3, -0.25) is 0 Å². The number of rotatable bonds is 1. The van der Waals surface area contributed by atoms with Crippen molar-refractivity contribution in [2.24, 2.45) is 5.41 Å². The molecule has 0 aliphatic carbocycles. The van der Waals surface area contributed by atoms with Crippen LogP contribution in [0.15, 0.2) is 0 Å². The normalized spacial score (nSPS) is 25.0. The molecule has 9 heavy (non-hydrogen) atoms. The second kappa shape index (κ2) is 2.67. The standard InChI is InChI=1S/C7H14O.H2O/c1-7(2,3)4-6-5-8-6;/h6H,4-5H2,1-3H3;1H2. The van der Waals surface area contributed by atoms with Crippen LogP contribution >= 0.6 is 0 Å². The van der Waals surface area contributed by atoms with Crippen molar-refractivity contribution in [3.63, 3.8) is 0 Å². The zero-order valence-electron chi connectivity index (χ0n) is 6.40. The van der Waals surface area contributed by atoms with Crippen molar-refractivity contribution in [3.05, 3.63) is 0 Å². The van der Waals surface area contributed by atoms with Crippen LogP contribution in [0.4, 0.5) is 0 Å². The highest BCUT2D eigenvalue weighted by Crippen LogP contribution is 2.27. The zero-order chi connectivity index (χ0) is 6.20. The van der Waals surface area contributed by atoms with Gasteiger partial charge in [0.25, 0.3) is 0 Å². The highest BCUT2D eigenvalue weighted by molar-refractivity contribution is 4.76. The van der Waals surface area contributed by atoms with E-state index in [1.54, 1.807) is 0 Å². The van der Waals surface area contributed by atoms with Gasteiger partial charge in [0.15, 0.2) is 0 Å². The van der Waals surface area contributed by atoms with E-state index in [1.165, 1.54) is 6.42 Å². The van der Waals surface area contributed by atoms with Crippen molar-refractivity contribution in [1.29, 1.82) is 0 Å². The third kappa shape index (κ3) is 4.43. The first kappa shape index (κ1) is 8.92. The summed E-state index contributed by atoms with van der Waals surface area (Å²) in [6.07, 6.45) is 1.81. The SMILES string of the molecule is CC(C)(C)CC1CO1.O. The summed E-state index contributed by atoms with van der Waals surface area (Å²) in [5.74, 6) is 0. The largest absolute Gasteiger partial charge is 0.412 e. The summed E-state index contributed by atoms with van der Waals surface area (Å²) in [5, 5.41) is 0. The summed E-state index contributed by atoms with van der Waals surface area (Å²) in [7, 11) is 0. The number of epoxide rings is 1. The lowest BCUT2D eigenvalue weighted by atomic mass is 9.91. The Bertz CT molecular complexity index is 79.4. The predicted molar refractivity (Wildman–Crippen MR) is 37.4 cm³/mol. The molecule has 1 atom stereocenters. The third-order valence-corrected chi connectivity index (χ3v) is 1.24. The van der Waals surface area contributed by atoms with Gasteiger partial charge < -0.3 is 10.2 Å². The Balaban J connectivity index is 0.000000640. The van der Waals surface area contributed by atoms with Crippen LogP contribution in [-0.2, 0) is 4.74 Å². The molecule has 1 aliphatic rings. The van der Waals surface area contributed by atoms with Crippen molar-refractivity contribution in [3.8, 4) is 0 Å². The highest BCUT2D eigenvalue weighted by Gasteiger charge is 2.27. The van der Waals surface area contributed by atoms with Crippen LogP contribution < -0.4 is 0 Å². The van der Waals surface area contributed by atoms with E-state index in [1.807, 2.05) is 0 Å². The molecule has 0 radical (unpaired) electrons. The van der Waals surface area contributed by atoms with Gasteiger partial charge in [0.05, 0.1) is 12.7 Å². The highest BCUT2D eigenvalue weighted by atomic mass is 16.6. The Kier molecular flexibility index (Phi) is 2.65. The maximum atomic E-state index is 5.08. The van der Waals surface area contributed by atoms with Crippen molar-refractivity contribution in [2.45, 2.75) is 33.3 Å². The van der Waals surface area contributed by atoms with Gasteiger partial charge in [0.2, 0.25) is 0 Å². The van der Waals surface area contributed by atoms with Gasteiger partial charge in [0.1, 0.15) is 0 Å². The average Bonchev–Trinajstić information content (AvgIpc) is 2.12. The first-order valence-electron chi connectivity index (χ1n) is 3.19. The summed E-state index contributed by atoms with van der Waals surface area (Å²) >= 11 is 0. The van der Waals surface area contributed by atoms with Crippen LogP contribution in [-0.4, -0.2) is 18.2 Å². The molecule has 2 nitrogen and oxygen atoms in total. The van der Waals surface area contributed by atoms with E-state index in [9.17, 15) is 0 Å². The Morgan fingerprint density at radius 1 is 1.44 bits per heavy atom. The minimum absolute atomic E-state index is 0. The number of hydrogen-bond acceptors (Lipinski definition) is 1. The van der Waals surface area contributed by atoms with Gasteiger partial charge in [-0.1, -0.05) is 20.8 Å². The summed E-state index contributed by atoms with van der Waals surface area (Å²) < 4.78 is 5.08. The van der Waals surface area contributed by atoms with Gasteiger partial charge in [-0.25, -0.2) is 0 Å². The zero-order valence-corrected chi connectivity index (χ0v) is 6.40. The lowest BCUT2D eigenvalue weighted by molar-refractivity contribution is 0.300. The van der Waals surface area contributed by atoms with Crippen LogP contribution in [0.5, 0.6) is 0 Å². The van der Waals surface area contributed by atoms with Crippen LogP contribution in [0.3, 0.4) is 0 Å². The Morgan fingerprint density at radius 2 is 1.89 bits per heavy atom. The Hall–Kier alpha value is -0.0800. The summed E-state index contributed by atoms with van der Waals surface area (Å²) in [6.45, 7) is 7.73. The molecule has 2 heteroatoms. The molecular formula is C7H16O2. The van der Waals surface area contributed by atoms with Crippen molar-refractivity contribution in [1.82, 2.24) is 0 Å². The van der Waals surface area contributed by atoms with E-state index < -0.39 is 0 Å². The molecule has 1 saturated heterocycles. The molecule has 1 unspecified atom stereocenters. The molecule has 0 amide bonds. The van der Waals surface area contributed by atoms with Gasteiger partial charge in [-0.05, 0) is 11.8 Å². The molecule has 0 bridgehead atoms. The van der Waals surface area contributed by atoms with Gasteiger partial charge in [-0.2, -0.15) is 0 Å². The molecular weight excluding hydrogens is 116 g/mol. The Labute approximate surface area is 56.5 Å². The molecule has 1 heterocycles.